The third kappa shape index (κ3) is 6.70. The number of piperazine rings is 1. The van der Waals surface area contributed by atoms with Crippen LogP contribution in [0.15, 0.2) is 42.7 Å². The van der Waals surface area contributed by atoms with E-state index in [2.05, 4.69) is 31.2 Å². The summed E-state index contributed by atoms with van der Waals surface area (Å²) < 4.78 is 31.3. The molecule has 0 unspecified atom stereocenters. The summed E-state index contributed by atoms with van der Waals surface area (Å²) in [5, 5.41) is 3.21. The van der Waals surface area contributed by atoms with Gasteiger partial charge in [-0.1, -0.05) is 19.8 Å². The van der Waals surface area contributed by atoms with Crippen LogP contribution in [0.4, 0.5) is 21.7 Å². The number of carbonyl (C=O) groups excluding carboxylic acids is 1. The van der Waals surface area contributed by atoms with Crippen LogP contribution in [-0.2, 0) is 6.61 Å². The van der Waals surface area contributed by atoms with Gasteiger partial charge in [-0.05, 0) is 37.1 Å². The largest absolute Gasteiger partial charge is 0.495 e. The molecule has 1 aromatic heterocycles. The zero-order valence-corrected chi connectivity index (χ0v) is 24.0. The van der Waals surface area contributed by atoms with Crippen LogP contribution in [-0.4, -0.2) is 67.1 Å². The number of nitrogens with one attached hydrogen (secondary N) is 1. The minimum Gasteiger partial charge on any atom is -0.495 e. The molecule has 9 nitrogen and oxygen atoms in total. The standard InChI is InChI=1S/C31H38FN5O4/c1-4-27(38)21-15-22(30(32)29(16-21)40-3)20-41-25-18-33-31(34-19-25)35-23-9-10-26(28(17-23)39-2)37-13-11-36(12-14-37)24-7-5-6-8-24/h9-10,15-19,24H,4-8,11-14,20H2,1-3H3,(H,33,34,35). The molecule has 1 saturated carbocycles. The Morgan fingerprint density at radius 2 is 1.71 bits per heavy atom. The Morgan fingerprint density at radius 1 is 1.00 bits per heavy atom. The van der Waals surface area contributed by atoms with E-state index >= 15 is 0 Å². The van der Waals surface area contributed by atoms with Crippen molar-refractivity contribution in [3.8, 4) is 17.2 Å². The molecule has 2 fully saturated rings. The van der Waals surface area contributed by atoms with Crippen LogP contribution in [0.3, 0.4) is 0 Å². The van der Waals surface area contributed by atoms with E-state index in [1.807, 2.05) is 12.1 Å². The lowest BCUT2D eigenvalue weighted by atomic mass is 10.0. The summed E-state index contributed by atoms with van der Waals surface area (Å²) >= 11 is 0. The van der Waals surface area contributed by atoms with E-state index in [0.717, 1.165) is 49.3 Å². The van der Waals surface area contributed by atoms with Crippen LogP contribution >= 0.6 is 0 Å². The number of Topliss-reactive ketones (excluding diaryl/α,β-unsaturated/α-hetero) is 1. The molecule has 0 spiro atoms. The molecule has 3 aromatic rings. The summed E-state index contributed by atoms with van der Waals surface area (Å²) in [5.41, 5.74) is 2.49. The fourth-order valence-electron chi connectivity index (χ4n) is 5.63. The van der Waals surface area contributed by atoms with Gasteiger partial charge in [-0.25, -0.2) is 14.4 Å². The van der Waals surface area contributed by atoms with Gasteiger partial charge in [0.1, 0.15) is 12.4 Å². The number of rotatable bonds is 11. The van der Waals surface area contributed by atoms with Gasteiger partial charge >= 0.3 is 0 Å². The molecule has 2 aromatic carbocycles. The number of halogens is 1. The van der Waals surface area contributed by atoms with Crippen molar-refractivity contribution in [3.05, 3.63) is 59.7 Å². The van der Waals surface area contributed by atoms with Crippen molar-refractivity contribution < 1.29 is 23.4 Å². The number of carbonyl (C=O) groups is 1. The third-order valence-corrected chi connectivity index (χ3v) is 7.93. The molecule has 1 aliphatic carbocycles. The van der Waals surface area contributed by atoms with Gasteiger partial charge in [0.25, 0.3) is 0 Å². The van der Waals surface area contributed by atoms with Crippen molar-refractivity contribution in [3.63, 3.8) is 0 Å². The molecule has 1 aliphatic heterocycles. The van der Waals surface area contributed by atoms with Crippen LogP contribution in [0.25, 0.3) is 0 Å². The number of ketones is 1. The minimum atomic E-state index is -0.563. The molecule has 2 aliphatic rings. The first-order chi connectivity index (χ1) is 20.0. The van der Waals surface area contributed by atoms with Gasteiger partial charge in [-0.3, -0.25) is 9.69 Å². The van der Waals surface area contributed by atoms with Gasteiger partial charge < -0.3 is 24.4 Å². The van der Waals surface area contributed by atoms with Crippen LogP contribution < -0.4 is 24.4 Å². The molecule has 0 atom stereocenters. The average Bonchev–Trinajstić information content (AvgIpc) is 3.56. The first-order valence-corrected chi connectivity index (χ1v) is 14.3. The molecular weight excluding hydrogens is 525 g/mol. The van der Waals surface area contributed by atoms with Gasteiger partial charge in [0.2, 0.25) is 5.95 Å². The first-order valence-electron chi connectivity index (χ1n) is 14.3. The molecule has 41 heavy (non-hydrogen) atoms. The maximum atomic E-state index is 14.7. The second kappa shape index (κ2) is 13.2. The highest BCUT2D eigenvalue weighted by Gasteiger charge is 2.27. The van der Waals surface area contributed by atoms with E-state index in [9.17, 15) is 9.18 Å². The molecule has 2 heterocycles. The van der Waals surface area contributed by atoms with E-state index in [-0.39, 0.29) is 23.7 Å². The molecule has 218 valence electrons. The Bertz CT molecular complexity index is 1340. The minimum absolute atomic E-state index is 0.00600. The Morgan fingerprint density at radius 3 is 2.37 bits per heavy atom. The lowest BCUT2D eigenvalue weighted by molar-refractivity contribution is 0.0987. The quantitative estimate of drug-likeness (QED) is 0.299. The summed E-state index contributed by atoms with van der Waals surface area (Å²) in [4.78, 5) is 25.9. The number of anilines is 3. The SMILES string of the molecule is CCC(=O)c1cc(COc2cnc(Nc3ccc(N4CCN(C5CCCC5)CC4)c(OC)c3)nc2)c(F)c(OC)c1. The van der Waals surface area contributed by atoms with Crippen LogP contribution in [0.1, 0.15) is 54.9 Å². The topological polar surface area (TPSA) is 89.1 Å². The maximum Gasteiger partial charge on any atom is 0.227 e. The van der Waals surface area contributed by atoms with Crippen LogP contribution in [0.5, 0.6) is 17.2 Å². The predicted octanol–water partition coefficient (Wildman–Crippen LogP) is 5.61. The summed E-state index contributed by atoms with van der Waals surface area (Å²) in [6, 6.07) is 9.68. The van der Waals surface area contributed by atoms with Crippen molar-refractivity contribution in [2.24, 2.45) is 0 Å². The Labute approximate surface area is 240 Å². The van der Waals surface area contributed by atoms with Crippen LogP contribution in [0.2, 0.25) is 0 Å². The molecule has 0 radical (unpaired) electrons. The average molecular weight is 564 g/mol. The third-order valence-electron chi connectivity index (χ3n) is 7.93. The number of aromatic nitrogens is 2. The fraction of sp³-hybridized carbons (Fsp3) is 0.452. The van der Waals surface area contributed by atoms with Gasteiger partial charge in [-0.15, -0.1) is 0 Å². The highest BCUT2D eigenvalue weighted by atomic mass is 19.1. The van der Waals surface area contributed by atoms with Gasteiger partial charge in [0, 0.05) is 61.5 Å². The second-order valence-corrected chi connectivity index (χ2v) is 10.4. The molecule has 10 heteroatoms. The number of hydrogen-bond donors (Lipinski definition) is 1. The van der Waals surface area contributed by atoms with E-state index in [4.69, 9.17) is 14.2 Å². The number of nitrogens with zero attached hydrogens (tertiary/aromatic N) is 4. The lowest BCUT2D eigenvalue weighted by Gasteiger charge is -2.39. The molecule has 5 rings (SSSR count). The summed E-state index contributed by atoms with van der Waals surface area (Å²) in [6.07, 6.45) is 8.73. The molecule has 0 bridgehead atoms. The Hall–Kier alpha value is -3.92. The Kier molecular flexibility index (Phi) is 9.18. The second-order valence-electron chi connectivity index (χ2n) is 10.4. The van der Waals surface area contributed by atoms with Crippen molar-refractivity contribution in [2.45, 2.75) is 51.7 Å². The summed E-state index contributed by atoms with van der Waals surface area (Å²) in [7, 11) is 3.05. The van der Waals surface area contributed by atoms with E-state index in [1.54, 1.807) is 14.0 Å². The molecule has 0 amide bonds. The van der Waals surface area contributed by atoms with Gasteiger partial charge in [-0.2, -0.15) is 0 Å². The molecular formula is C31H38FN5O4. The summed E-state index contributed by atoms with van der Waals surface area (Å²) in [6.45, 7) is 5.79. The van der Waals surface area contributed by atoms with Crippen molar-refractivity contribution in [1.82, 2.24) is 14.9 Å². The monoisotopic (exact) mass is 563 g/mol. The van der Waals surface area contributed by atoms with Gasteiger partial charge in [0.15, 0.2) is 23.1 Å². The van der Waals surface area contributed by atoms with E-state index < -0.39 is 5.82 Å². The highest BCUT2D eigenvalue weighted by Crippen LogP contribution is 2.34. The van der Waals surface area contributed by atoms with Crippen molar-refractivity contribution in [2.75, 3.05) is 50.6 Å². The van der Waals surface area contributed by atoms with Crippen molar-refractivity contribution >= 4 is 23.1 Å². The lowest BCUT2D eigenvalue weighted by Crippen LogP contribution is -2.49. The summed E-state index contributed by atoms with van der Waals surface area (Å²) in [5.74, 6) is 0.894. The number of hydrogen-bond acceptors (Lipinski definition) is 9. The fourth-order valence-corrected chi connectivity index (χ4v) is 5.63. The Balaban J connectivity index is 1.19. The van der Waals surface area contributed by atoms with E-state index in [0.29, 0.717) is 23.7 Å². The zero-order valence-electron chi connectivity index (χ0n) is 24.0. The first kappa shape index (κ1) is 28.6. The maximum absolute atomic E-state index is 14.7. The number of benzene rings is 2. The predicted molar refractivity (Wildman–Crippen MR) is 156 cm³/mol. The van der Waals surface area contributed by atoms with Gasteiger partial charge in [0.05, 0.1) is 32.3 Å². The smallest absolute Gasteiger partial charge is 0.227 e. The zero-order chi connectivity index (χ0) is 28.8. The van der Waals surface area contributed by atoms with E-state index in [1.165, 1.54) is 57.3 Å². The highest BCUT2D eigenvalue weighted by molar-refractivity contribution is 5.96. The number of ether oxygens (including phenoxy) is 3. The normalized spacial score (nSPS) is 16.0. The number of methoxy groups -OCH3 is 2. The molecule has 1 N–H and O–H groups in total. The molecule has 1 saturated heterocycles. The van der Waals surface area contributed by atoms with Crippen LogP contribution in [0, 0.1) is 5.82 Å². The van der Waals surface area contributed by atoms with Crippen molar-refractivity contribution in [1.29, 1.82) is 0 Å².